The number of hydrogen-bond acceptors (Lipinski definition) is 16. The zero-order valence-electron chi connectivity index (χ0n) is 56.6. The van der Waals surface area contributed by atoms with Gasteiger partial charge in [0.1, 0.15) is 42.4 Å². The smallest absolute Gasteiger partial charge is 0.399 e. The summed E-state index contributed by atoms with van der Waals surface area (Å²) in [7, 11) is -1.37. The summed E-state index contributed by atoms with van der Waals surface area (Å²) >= 11 is 0. The summed E-state index contributed by atoms with van der Waals surface area (Å²) in [5, 5.41) is 12.5. The predicted molar refractivity (Wildman–Crippen MR) is 353 cm³/mol. The second kappa shape index (κ2) is 41.3. The van der Waals surface area contributed by atoms with Gasteiger partial charge in [0.15, 0.2) is 0 Å². The van der Waals surface area contributed by atoms with E-state index in [1.807, 2.05) is 19.9 Å². The van der Waals surface area contributed by atoms with Crippen molar-refractivity contribution in [3.05, 3.63) is 115 Å². The molecule has 5 aliphatic heterocycles. The van der Waals surface area contributed by atoms with E-state index in [0.717, 1.165) is 107 Å². The van der Waals surface area contributed by atoms with Crippen molar-refractivity contribution in [3.63, 3.8) is 0 Å². The van der Waals surface area contributed by atoms with E-state index in [1.54, 1.807) is 34.5 Å². The minimum Gasteiger partial charge on any atom is -1.00 e. The first-order chi connectivity index (χ1) is 42.4. The molecule has 0 unspecified atom stereocenters. The summed E-state index contributed by atoms with van der Waals surface area (Å²) in [5.41, 5.74) is 14.3. The summed E-state index contributed by atoms with van der Waals surface area (Å²) in [4.78, 5) is 13.0. The number of carbonyl (C=O) groups is 1. The fourth-order valence-electron chi connectivity index (χ4n) is 12.4. The highest BCUT2D eigenvalue weighted by molar-refractivity contribution is 7.81. The number of rotatable bonds is 19. The van der Waals surface area contributed by atoms with Crippen LogP contribution in [-0.2, 0) is 53.0 Å². The number of carbonyl (C=O) groups excluding carboxylic acids is 1. The Labute approximate surface area is 548 Å². The van der Waals surface area contributed by atoms with Crippen molar-refractivity contribution < 1.29 is 84.2 Å². The van der Waals surface area contributed by atoms with E-state index in [9.17, 15) is 31.3 Å². The van der Waals surface area contributed by atoms with Gasteiger partial charge in [-0.25, -0.2) is 16.8 Å². The quantitative estimate of drug-likeness (QED) is 0.0296. The number of benzene rings is 4. The fraction of sp³-hybridized carbons (Fsp3) is 0.638. The highest BCUT2D eigenvalue weighted by Gasteiger charge is 2.32. The van der Waals surface area contributed by atoms with Gasteiger partial charge in [-0.05, 0) is 245 Å². The molecule has 21 heteroatoms. The predicted octanol–water partition coefficient (Wildman–Crippen LogP) is 8.73. The van der Waals surface area contributed by atoms with Gasteiger partial charge in [-0.2, -0.15) is 8.42 Å². The topological polar surface area (TPSA) is 209 Å². The number of ether oxygens (including phenoxy) is 4. The third-order valence-corrected chi connectivity index (χ3v) is 19.2. The molecule has 510 valence electrons. The van der Waals surface area contributed by atoms with Crippen LogP contribution in [0.1, 0.15) is 168 Å². The second-order valence-corrected chi connectivity index (χ2v) is 27.0. The average molecular weight is 1320 g/mol. The van der Waals surface area contributed by atoms with Crippen LogP contribution in [0, 0.1) is 55.4 Å². The third-order valence-electron chi connectivity index (χ3n) is 17.9. The van der Waals surface area contributed by atoms with Crippen LogP contribution in [0.15, 0.2) is 48.5 Å². The lowest BCUT2D eigenvalue weighted by Crippen LogP contribution is -3.00. The Hall–Kier alpha value is -4.42. The van der Waals surface area contributed by atoms with Gasteiger partial charge in [0, 0.05) is 42.7 Å². The number of hydrogen-bond donors (Lipinski definition) is 2. The van der Waals surface area contributed by atoms with Crippen molar-refractivity contribution in [1.82, 2.24) is 10.2 Å². The Bertz CT molecular complexity index is 2960. The van der Waals surface area contributed by atoms with Crippen LogP contribution in [0.5, 0.6) is 23.0 Å². The molecule has 0 spiro atoms. The Morgan fingerprint density at radius 3 is 1.31 bits per heavy atom. The van der Waals surface area contributed by atoms with Gasteiger partial charge in [0.05, 0.1) is 87.5 Å². The summed E-state index contributed by atoms with van der Waals surface area (Å²) in [6.45, 7) is 32.0. The molecule has 5 saturated heterocycles. The number of nitrogens with one attached hydrogen (secondary N) is 1. The van der Waals surface area contributed by atoms with Gasteiger partial charge >= 0.3 is 10.4 Å². The molecule has 0 aliphatic carbocycles. The summed E-state index contributed by atoms with van der Waals surface area (Å²) in [6, 6.07) is 16.9. The number of halogens is 1. The first-order valence-corrected chi connectivity index (χ1v) is 35.0. The summed E-state index contributed by atoms with van der Waals surface area (Å²) in [6.07, 6.45) is 18.8. The molecule has 0 amide bonds. The van der Waals surface area contributed by atoms with Crippen LogP contribution in [-0.4, -0.2) is 167 Å². The van der Waals surface area contributed by atoms with Crippen molar-refractivity contribution in [2.45, 2.75) is 171 Å². The molecule has 9 rings (SSSR count). The molecule has 0 saturated carbocycles. The Morgan fingerprint density at radius 1 is 0.556 bits per heavy atom. The Morgan fingerprint density at radius 2 is 0.944 bits per heavy atom. The minimum absolute atomic E-state index is 0. The fourth-order valence-corrected chi connectivity index (χ4v) is 13.4. The van der Waals surface area contributed by atoms with E-state index in [-0.39, 0.29) is 32.2 Å². The molecule has 2 N–H and O–H groups in total. The largest absolute Gasteiger partial charge is 1.00 e. The summed E-state index contributed by atoms with van der Waals surface area (Å²) < 4.78 is 88.6. The average Bonchev–Trinajstić information content (AvgIpc) is 2.83. The maximum absolute atomic E-state index is 10.6. The van der Waals surface area contributed by atoms with E-state index in [2.05, 4.69) is 101 Å². The van der Waals surface area contributed by atoms with Gasteiger partial charge in [-0.15, -0.1) is 0 Å². The van der Waals surface area contributed by atoms with Crippen LogP contribution in [0.2, 0.25) is 0 Å². The normalized spacial score (nSPS) is 17.5. The SMILES string of the molecule is C1CCNCC1.COc1cc(C=O)cc(C)c1C.COc1cc(CN2CCCCC2)cc(C)c1C.COc1cc(C[N+]2(CCCO)CCCCC2)cc(C)c1C.COc1cc(C[N+]2(CCCOS(=O)(=O)[O-])CCCCC2)cc(C)c1C.O=S1(=O)OCCCO1.[Cl-]. The van der Waals surface area contributed by atoms with Gasteiger partial charge in [0.2, 0.25) is 10.4 Å². The number of nitrogens with zero attached hydrogens (tertiary/aromatic N) is 3. The lowest BCUT2D eigenvalue weighted by atomic mass is 10.0. The highest BCUT2D eigenvalue weighted by atomic mass is 35.5. The van der Waals surface area contributed by atoms with Crippen molar-refractivity contribution in [2.24, 2.45) is 0 Å². The molecule has 5 fully saturated rings. The van der Waals surface area contributed by atoms with Gasteiger partial charge in [-0.3, -0.25) is 13.9 Å². The van der Waals surface area contributed by atoms with E-state index in [1.165, 1.54) is 161 Å². The van der Waals surface area contributed by atoms with Crippen LogP contribution < -0.4 is 36.7 Å². The van der Waals surface area contributed by atoms with Crippen LogP contribution in [0.3, 0.4) is 0 Å². The molecule has 18 nitrogen and oxygen atoms in total. The highest BCUT2D eigenvalue weighted by Crippen LogP contribution is 2.31. The van der Waals surface area contributed by atoms with E-state index >= 15 is 0 Å². The molecule has 0 atom stereocenters. The van der Waals surface area contributed by atoms with E-state index in [4.69, 9.17) is 18.9 Å². The number of likely N-dealkylation sites (tertiary alicyclic amines) is 3. The number of aryl methyl sites for hydroxylation is 4. The van der Waals surface area contributed by atoms with E-state index in [0.29, 0.717) is 25.0 Å². The molecule has 5 heterocycles. The lowest BCUT2D eigenvalue weighted by Gasteiger charge is -2.42. The first-order valence-electron chi connectivity index (χ1n) is 32.4. The zero-order valence-corrected chi connectivity index (χ0v) is 59.0. The van der Waals surface area contributed by atoms with Crippen molar-refractivity contribution in [1.29, 1.82) is 0 Å². The lowest BCUT2D eigenvalue weighted by molar-refractivity contribution is -0.945. The second-order valence-electron chi connectivity index (χ2n) is 24.7. The molecule has 0 radical (unpaired) electrons. The molecular weight excluding hydrogens is 1210 g/mol. The molecule has 0 aromatic heterocycles. The maximum Gasteiger partial charge on any atom is 0.399 e. The van der Waals surface area contributed by atoms with Crippen molar-refractivity contribution >= 4 is 27.1 Å². The Kier molecular flexibility index (Phi) is 36.6. The first kappa shape index (κ1) is 79.8. The monoisotopic (exact) mass is 1320 g/mol. The van der Waals surface area contributed by atoms with Crippen molar-refractivity contribution in [3.8, 4) is 23.0 Å². The summed E-state index contributed by atoms with van der Waals surface area (Å²) in [5.74, 6) is 3.71. The standard InChI is InChI=1S/C18H29NO5S.C18H30NO2.C15H23NO.C10H12O2.C5H11N.C3H6O4S.ClH/c1-15-12-17(13-18(23-3)16(15)2)14-19(8-5-4-6-9-19)10-7-11-24-25(20,21)22;1-15-12-17(13-18(21-3)16(15)2)14-19(10-7-11-20)8-5-4-6-9-19;1-12-9-14(10-15(17-3)13(12)2)11-16-7-5-4-6-8-16;1-7-4-9(6-11)5-10(12-3)8(7)2;1-2-4-6-5-3-1;4-8(5)6-2-1-3-7-8;/h12-13H,4-11,14H2,1-3H3;12-13,20H,4-11,14H2,1-3H3;9-10H,4-8,11H2,1-3H3;4-6H,1-3H3;6H,1-5H2;1-3H2;1H/q;+1;;;;;/p-1. The zero-order chi connectivity index (χ0) is 65.5. The number of aldehydes is 1. The number of piperidine rings is 4. The van der Waals surface area contributed by atoms with Gasteiger partial charge < -0.3 is 55.3 Å². The number of methoxy groups -OCH3 is 4. The van der Waals surface area contributed by atoms with Gasteiger partial charge in [-0.1, -0.05) is 18.9 Å². The molecular formula is C69H111ClN4O14S2. The molecule has 4 aromatic carbocycles. The maximum atomic E-state index is 10.6. The molecule has 5 aliphatic rings. The van der Waals surface area contributed by atoms with Crippen LogP contribution >= 0.6 is 0 Å². The Balaban J connectivity index is 0.000000296. The van der Waals surface area contributed by atoms with E-state index < -0.39 is 20.8 Å². The molecule has 4 aromatic rings. The minimum atomic E-state index is -4.60. The number of aliphatic hydroxyl groups is 1. The van der Waals surface area contributed by atoms with Crippen LogP contribution in [0.25, 0.3) is 0 Å². The van der Waals surface area contributed by atoms with Gasteiger partial charge in [0.25, 0.3) is 0 Å². The molecule has 90 heavy (non-hydrogen) atoms. The molecule has 0 bridgehead atoms. The number of aliphatic hydroxyl groups excluding tert-OH is 1. The number of quaternary nitrogens is 2. The van der Waals surface area contributed by atoms with Crippen molar-refractivity contribution in [2.75, 3.05) is 120 Å². The van der Waals surface area contributed by atoms with Crippen LogP contribution in [0.4, 0.5) is 0 Å². The third kappa shape index (κ3) is 28.4.